The maximum Gasteiger partial charge on any atom is 0.243 e. The molecule has 0 spiro atoms. The standard InChI is InChI=1S/C9H15N3OS/c1-14-5-4-7(10)9-11-8(12-13-9)6-2-3-6/h6-7H,2-5,10H2,1H3/t7-/m1/s1. The normalized spacial score (nSPS) is 18.4. The van der Waals surface area contributed by atoms with Crippen molar-refractivity contribution >= 4 is 11.8 Å². The lowest BCUT2D eigenvalue weighted by atomic mass is 10.2. The second kappa shape index (κ2) is 4.31. The molecule has 0 saturated heterocycles. The fourth-order valence-electron chi connectivity index (χ4n) is 1.27. The maximum absolute atomic E-state index is 5.91. The van der Waals surface area contributed by atoms with Gasteiger partial charge < -0.3 is 10.3 Å². The zero-order chi connectivity index (χ0) is 9.97. The summed E-state index contributed by atoms with van der Waals surface area (Å²) >= 11 is 1.78. The molecule has 2 N–H and O–H groups in total. The van der Waals surface area contributed by atoms with Gasteiger partial charge in [-0.3, -0.25) is 0 Å². The summed E-state index contributed by atoms with van der Waals surface area (Å²) in [4.78, 5) is 4.31. The van der Waals surface area contributed by atoms with Gasteiger partial charge >= 0.3 is 0 Å². The zero-order valence-electron chi connectivity index (χ0n) is 8.27. The highest BCUT2D eigenvalue weighted by molar-refractivity contribution is 7.98. The van der Waals surface area contributed by atoms with Gasteiger partial charge in [0.1, 0.15) is 0 Å². The molecule has 5 heteroatoms. The van der Waals surface area contributed by atoms with E-state index in [-0.39, 0.29) is 6.04 Å². The number of nitrogens with zero attached hydrogens (tertiary/aromatic N) is 2. The Morgan fingerprint density at radius 3 is 3.07 bits per heavy atom. The third-order valence-electron chi connectivity index (χ3n) is 2.35. The lowest BCUT2D eigenvalue weighted by Gasteiger charge is -2.03. The summed E-state index contributed by atoms with van der Waals surface area (Å²) in [7, 11) is 0. The van der Waals surface area contributed by atoms with Crippen LogP contribution in [0.5, 0.6) is 0 Å². The lowest BCUT2D eigenvalue weighted by molar-refractivity contribution is 0.349. The van der Waals surface area contributed by atoms with Crippen LogP contribution in [-0.2, 0) is 0 Å². The van der Waals surface area contributed by atoms with Crippen molar-refractivity contribution in [1.82, 2.24) is 10.1 Å². The van der Waals surface area contributed by atoms with E-state index in [1.807, 2.05) is 0 Å². The molecule has 2 rings (SSSR count). The number of nitrogens with two attached hydrogens (primary N) is 1. The molecule has 1 fully saturated rings. The van der Waals surface area contributed by atoms with E-state index in [4.69, 9.17) is 10.3 Å². The molecule has 1 saturated carbocycles. The van der Waals surface area contributed by atoms with E-state index in [2.05, 4.69) is 16.4 Å². The van der Waals surface area contributed by atoms with Crippen molar-refractivity contribution in [3.8, 4) is 0 Å². The number of thioether (sulfide) groups is 1. The van der Waals surface area contributed by atoms with Gasteiger partial charge in [-0.25, -0.2) is 0 Å². The van der Waals surface area contributed by atoms with Crippen LogP contribution in [0.15, 0.2) is 4.52 Å². The van der Waals surface area contributed by atoms with Crippen molar-refractivity contribution in [3.05, 3.63) is 11.7 Å². The molecule has 4 nitrogen and oxygen atoms in total. The highest BCUT2D eigenvalue weighted by Crippen LogP contribution is 2.38. The molecule has 1 aromatic rings. The molecule has 0 unspecified atom stereocenters. The first-order valence-electron chi connectivity index (χ1n) is 4.89. The van der Waals surface area contributed by atoms with Crippen LogP contribution in [0.25, 0.3) is 0 Å². The summed E-state index contributed by atoms with van der Waals surface area (Å²) in [6.07, 6.45) is 5.35. The van der Waals surface area contributed by atoms with E-state index in [1.165, 1.54) is 12.8 Å². The van der Waals surface area contributed by atoms with Crippen molar-refractivity contribution in [1.29, 1.82) is 0 Å². The number of hydrogen-bond acceptors (Lipinski definition) is 5. The fourth-order valence-corrected chi connectivity index (χ4v) is 1.76. The third kappa shape index (κ3) is 2.27. The molecule has 0 aromatic carbocycles. The van der Waals surface area contributed by atoms with Gasteiger partial charge in [-0.05, 0) is 31.3 Å². The Balaban J connectivity index is 1.93. The molecule has 0 amide bonds. The summed E-state index contributed by atoms with van der Waals surface area (Å²) in [6.45, 7) is 0. The Hall–Kier alpha value is -0.550. The molecular formula is C9H15N3OS. The van der Waals surface area contributed by atoms with Gasteiger partial charge in [-0.15, -0.1) is 0 Å². The first kappa shape index (κ1) is 9.98. The Labute approximate surface area is 87.6 Å². The topological polar surface area (TPSA) is 64.9 Å². The van der Waals surface area contributed by atoms with Crippen molar-refractivity contribution in [3.63, 3.8) is 0 Å². The molecule has 1 aromatic heterocycles. The zero-order valence-corrected chi connectivity index (χ0v) is 9.09. The first-order chi connectivity index (χ1) is 6.81. The summed E-state index contributed by atoms with van der Waals surface area (Å²) in [5.74, 6) is 3.02. The van der Waals surface area contributed by atoms with Crippen LogP contribution in [-0.4, -0.2) is 22.1 Å². The van der Waals surface area contributed by atoms with Crippen LogP contribution in [0.1, 0.15) is 42.9 Å². The number of rotatable bonds is 5. The molecule has 0 bridgehead atoms. The van der Waals surface area contributed by atoms with Crippen LogP contribution in [0.2, 0.25) is 0 Å². The van der Waals surface area contributed by atoms with E-state index in [0.717, 1.165) is 18.0 Å². The van der Waals surface area contributed by atoms with E-state index in [0.29, 0.717) is 11.8 Å². The highest BCUT2D eigenvalue weighted by atomic mass is 32.2. The van der Waals surface area contributed by atoms with Gasteiger partial charge in [0.15, 0.2) is 5.82 Å². The predicted molar refractivity (Wildman–Crippen MR) is 56.2 cm³/mol. The smallest absolute Gasteiger partial charge is 0.243 e. The van der Waals surface area contributed by atoms with E-state index >= 15 is 0 Å². The Morgan fingerprint density at radius 2 is 2.43 bits per heavy atom. The minimum absolute atomic E-state index is 0.0950. The number of aromatic nitrogens is 2. The van der Waals surface area contributed by atoms with E-state index in [1.54, 1.807) is 11.8 Å². The maximum atomic E-state index is 5.91. The highest BCUT2D eigenvalue weighted by Gasteiger charge is 2.29. The van der Waals surface area contributed by atoms with Gasteiger partial charge in [0, 0.05) is 5.92 Å². The summed E-state index contributed by atoms with van der Waals surface area (Å²) in [5.41, 5.74) is 5.91. The molecule has 78 valence electrons. The van der Waals surface area contributed by atoms with Crippen molar-refractivity contribution < 1.29 is 4.52 Å². The van der Waals surface area contributed by atoms with Crippen LogP contribution >= 0.6 is 11.8 Å². The molecule has 0 radical (unpaired) electrons. The van der Waals surface area contributed by atoms with Gasteiger partial charge in [-0.1, -0.05) is 5.16 Å². The molecule has 0 aliphatic heterocycles. The Morgan fingerprint density at radius 1 is 1.64 bits per heavy atom. The molecule has 1 heterocycles. The largest absolute Gasteiger partial charge is 0.338 e. The second-order valence-electron chi connectivity index (χ2n) is 3.65. The fraction of sp³-hybridized carbons (Fsp3) is 0.778. The van der Waals surface area contributed by atoms with Crippen molar-refractivity contribution in [2.45, 2.75) is 31.2 Å². The monoisotopic (exact) mass is 213 g/mol. The molecular weight excluding hydrogens is 198 g/mol. The molecule has 14 heavy (non-hydrogen) atoms. The predicted octanol–water partition coefficient (Wildman–Crippen LogP) is 1.70. The Bertz CT molecular complexity index is 298. The molecule has 1 aliphatic rings. The van der Waals surface area contributed by atoms with Gasteiger partial charge in [-0.2, -0.15) is 16.7 Å². The van der Waals surface area contributed by atoms with Crippen molar-refractivity contribution in [2.75, 3.05) is 12.0 Å². The van der Waals surface area contributed by atoms with Gasteiger partial charge in [0.05, 0.1) is 6.04 Å². The van der Waals surface area contributed by atoms with Crippen molar-refractivity contribution in [2.24, 2.45) is 5.73 Å². The summed E-state index contributed by atoms with van der Waals surface area (Å²) < 4.78 is 5.13. The van der Waals surface area contributed by atoms with Crippen LogP contribution < -0.4 is 5.73 Å². The minimum atomic E-state index is -0.0950. The van der Waals surface area contributed by atoms with Crippen LogP contribution in [0.3, 0.4) is 0 Å². The average Bonchev–Trinajstić information content (AvgIpc) is 2.93. The van der Waals surface area contributed by atoms with E-state index < -0.39 is 0 Å². The summed E-state index contributed by atoms with van der Waals surface area (Å²) in [5, 5.41) is 3.93. The Kier molecular flexibility index (Phi) is 3.08. The quantitative estimate of drug-likeness (QED) is 0.806. The molecule has 1 atom stereocenters. The number of hydrogen-bond donors (Lipinski definition) is 1. The average molecular weight is 213 g/mol. The third-order valence-corrected chi connectivity index (χ3v) is 2.99. The SMILES string of the molecule is CSCC[C@@H](N)c1nc(C2CC2)no1. The minimum Gasteiger partial charge on any atom is -0.338 e. The first-order valence-corrected chi connectivity index (χ1v) is 6.28. The molecule has 1 aliphatic carbocycles. The lowest BCUT2D eigenvalue weighted by Crippen LogP contribution is -2.11. The summed E-state index contributed by atoms with van der Waals surface area (Å²) in [6, 6.07) is -0.0950. The van der Waals surface area contributed by atoms with Crippen LogP contribution in [0, 0.1) is 0 Å². The second-order valence-corrected chi connectivity index (χ2v) is 4.64. The van der Waals surface area contributed by atoms with Crippen LogP contribution in [0.4, 0.5) is 0 Å². The van der Waals surface area contributed by atoms with Gasteiger partial charge in [0.25, 0.3) is 0 Å². The van der Waals surface area contributed by atoms with E-state index in [9.17, 15) is 0 Å². The van der Waals surface area contributed by atoms with Gasteiger partial charge in [0.2, 0.25) is 5.89 Å².